The van der Waals surface area contributed by atoms with Gasteiger partial charge in [-0.3, -0.25) is 0 Å². The molecule has 1 nitrogen and oxygen atoms in total. The Kier molecular flexibility index (Phi) is 4.17. The number of nitrogens with one attached hydrogen (secondary N) is 1. The van der Waals surface area contributed by atoms with Crippen LogP contribution in [0.15, 0.2) is 42.5 Å². The molecule has 106 valence electrons. The molecule has 0 spiro atoms. The molecule has 2 aromatic carbocycles. The average molecular weight is 267 g/mol. The summed E-state index contributed by atoms with van der Waals surface area (Å²) in [6, 6.07) is 15.5. The van der Waals surface area contributed by atoms with E-state index in [1.54, 1.807) is 0 Å². The lowest BCUT2D eigenvalue weighted by molar-refractivity contribution is 0.589. The van der Waals surface area contributed by atoms with Crippen LogP contribution in [0, 0.1) is 6.92 Å². The van der Waals surface area contributed by atoms with Crippen molar-refractivity contribution in [1.82, 2.24) is 0 Å². The van der Waals surface area contributed by atoms with Crippen LogP contribution in [0.25, 0.3) is 0 Å². The van der Waals surface area contributed by atoms with Crippen molar-refractivity contribution in [3.8, 4) is 0 Å². The minimum Gasteiger partial charge on any atom is -0.388 e. The van der Waals surface area contributed by atoms with Gasteiger partial charge >= 0.3 is 0 Å². The Bertz CT molecular complexity index is 574. The molecule has 0 aliphatic rings. The molecule has 0 saturated heterocycles. The molecule has 2 rings (SSSR count). The van der Waals surface area contributed by atoms with Crippen LogP contribution in [-0.4, -0.2) is 7.05 Å². The van der Waals surface area contributed by atoms with Crippen molar-refractivity contribution >= 4 is 5.69 Å². The third kappa shape index (κ3) is 3.41. The van der Waals surface area contributed by atoms with Gasteiger partial charge in [0.15, 0.2) is 0 Å². The van der Waals surface area contributed by atoms with Crippen molar-refractivity contribution in [3.63, 3.8) is 0 Å². The number of hydrogen-bond acceptors (Lipinski definition) is 1. The molecule has 0 unspecified atom stereocenters. The highest BCUT2D eigenvalue weighted by Gasteiger charge is 2.14. The predicted molar refractivity (Wildman–Crippen MR) is 88.7 cm³/mol. The fraction of sp³-hybridized carbons (Fsp3) is 0.368. The van der Waals surface area contributed by atoms with E-state index in [0.717, 1.165) is 12.1 Å². The lowest BCUT2D eigenvalue weighted by atomic mass is 9.84. The molecular weight excluding hydrogens is 242 g/mol. The Morgan fingerprint density at radius 2 is 1.60 bits per heavy atom. The molecule has 1 N–H and O–H groups in total. The normalized spacial score (nSPS) is 11.4. The topological polar surface area (TPSA) is 12.0 Å². The van der Waals surface area contributed by atoms with Crippen LogP contribution in [0.3, 0.4) is 0 Å². The smallest absolute Gasteiger partial charge is 0.0337 e. The van der Waals surface area contributed by atoms with E-state index in [4.69, 9.17) is 0 Å². The van der Waals surface area contributed by atoms with E-state index in [0.29, 0.717) is 0 Å². The van der Waals surface area contributed by atoms with Gasteiger partial charge in [-0.1, -0.05) is 51.1 Å². The van der Waals surface area contributed by atoms with E-state index >= 15 is 0 Å². The second-order valence-electron chi connectivity index (χ2n) is 6.51. The molecule has 0 heterocycles. The van der Waals surface area contributed by atoms with Crippen LogP contribution in [0.5, 0.6) is 0 Å². The molecule has 0 radical (unpaired) electrons. The average Bonchev–Trinajstić information content (AvgIpc) is 2.41. The monoisotopic (exact) mass is 267 g/mol. The maximum absolute atomic E-state index is 3.16. The zero-order chi connectivity index (χ0) is 14.8. The quantitative estimate of drug-likeness (QED) is 0.832. The number of aryl methyl sites for hydroxylation is 1. The van der Waals surface area contributed by atoms with Crippen molar-refractivity contribution in [2.45, 2.75) is 39.5 Å². The van der Waals surface area contributed by atoms with Crippen LogP contribution in [0.4, 0.5) is 5.69 Å². The van der Waals surface area contributed by atoms with E-state index in [2.05, 4.69) is 75.5 Å². The number of anilines is 1. The molecule has 0 aromatic heterocycles. The van der Waals surface area contributed by atoms with Gasteiger partial charge in [-0.25, -0.2) is 0 Å². The van der Waals surface area contributed by atoms with Crippen LogP contribution in [0.2, 0.25) is 0 Å². The third-order valence-corrected chi connectivity index (χ3v) is 3.85. The molecular formula is C19H25N. The molecule has 0 fully saturated rings. The first-order valence-corrected chi connectivity index (χ1v) is 7.27. The van der Waals surface area contributed by atoms with E-state index in [-0.39, 0.29) is 5.41 Å². The molecule has 20 heavy (non-hydrogen) atoms. The minimum atomic E-state index is 0.207. The number of rotatable bonds is 3. The van der Waals surface area contributed by atoms with E-state index in [9.17, 15) is 0 Å². The molecule has 0 bridgehead atoms. The van der Waals surface area contributed by atoms with E-state index < -0.39 is 0 Å². The van der Waals surface area contributed by atoms with Crippen LogP contribution in [-0.2, 0) is 11.8 Å². The van der Waals surface area contributed by atoms with Crippen molar-refractivity contribution in [3.05, 3.63) is 64.7 Å². The first-order valence-electron chi connectivity index (χ1n) is 7.27. The maximum atomic E-state index is 3.16. The van der Waals surface area contributed by atoms with E-state index in [1.165, 1.54) is 22.3 Å². The molecule has 0 aliphatic heterocycles. The summed E-state index contributed by atoms with van der Waals surface area (Å²) in [5.74, 6) is 0. The predicted octanol–water partition coefficient (Wildman–Crippen LogP) is 4.93. The summed E-state index contributed by atoms with van der Waals surface area (Å²) < 4.78 is 0. The molecule has 0 aliphatic carbocycles. The van der Waals surface area contributed by atoms with Gasteiger partial charge in [0.2, 0.25) is 0 Å². The summed E-state index contributed by atoms with van der Waals surface area (Å²) in [4.78, 5) is 0. The zero-order valence-corrected chi connectivity index (χ0v) is 13.2. The van der Waals surface area contributed by atoms with Gasteiger partial charge in [-0.2, -0.15) is 0 Å². The fourth-order valence-electron chi connectivity index (χ4n) is 2.34. The molecule has 0 amide bonds. The first kappa shape index (κ1) is 14.6. The van der Waals surface area contributed by atoms with Crippen molar-refractivity contribution < 1.29 is 0 Å². The Balaban J connectivity index is 2.27. The summed E-state index contributed by atoms with van der Waals surface area (Å²) in [7, 11) is 1.95. The molecule has 1 heteroatoms. The van der Waals surface area contributed by atoms with Gasteiger partial charge in [0.1, 0.15) is 0 Å². The van der Waals surface area contributed by atoms with Gasteiger partial charge in [-0.15, -0.1) is 0 Å². The Labute approximate surface area is 123 Å². The standard InChI is InChI=1S/C19H25N/c1-14-6-9-17(19(2,3)4)13-16(14)12-15-7-10-18(20-5)11-8-15/h6-11,13,20H,12H2,1-5H3. The second-order valence-corrected chi connectivity index (χ2v) is 6.51. The molecule has 0 atom stereocenters. The van der Waals surface area contributed by atoms with Crippen molar-refractivity contribution in [2.75, 3.05) is 12.4 Å². The highest BCUT2D eigenvalue weighted by atomic mass is 14.8. The largest absolute Gasteiger partial charge is 0.388 e. The second kappa shape index (κ2) is 5.70. The van der Waals surface area contributed by atoms with Gasteiger partial charge < -0.3 is 5.32 Å². The lowest BCUT2D eigenvalue weighted by Crippen LogP contribution is -2.11. The fourth-order valence-corrected chi connectivity index (χ4v) is 2.34. The number of benzene rings is 2. The molecule has 2 aromatic rings. The summed E-state index contributed by atoms with van der Waals surface area (Å²) in [5.41, 5.74) is 6.93. The summed E-state index contributed by atoms with van der Waals surface area (Å²) in [5, 5.41) is 3.16. The highest BCUT2D eigenvalue weighted by molar-refractivity contribution is 5.45. The maximum Gasteiger partial charge on any atom is 0.0337 e. The number of hydrogen-bond donors (Lipinski definition) is 1. The first-order chi connectivity index (χ1) is 9.40. The van der Waals surface area contributed by atoms with Crippen LogP contribution in [0.1, 0.15) is 43.0 Å². The summed E-state index contributed by atoms with van der Waals surface area (Å²) in [6.45, 7) is 9.00. The minimum absolute atomic E-state index is 0.207. The van der Waals surface area contributed by atoms with Crippen molar-refractivity contribution in [1.29, 1.82) is 0 Å². The van der Waals surface area contributed by atoms with Gasteiger partial charge in [0.05, 0.1) is 0 Å². The summed E-state index contributed by atoms with van der Waals surface area (Å²) >= 11 is 0. The molecule has 0 saturated carbocycles. The Morgan fingerprint density at radius 3 is 2.15 bits per heavy atom. The van der Waals surface area contributed by atoms with Gasteiger partial charge in [-0.05, 0) is 53.1 Å². The van der Waals surface area contributed by atoms with Crippen molar-refractivity contribution in [2.24, 2.45) is 0 Å². The van der Waals surface area contributed by atoms with Crippen LogP contribution < -0.4 is 5.32 Å². The van der Waals surface area contributed by atoms with Crippen LogP contribution >= 0.6 is 0 Å². The zero-order valence-electron chi connectivity index (χ0n) is 13.2. The van der Waals surface area contributed by atoms with E-state index in [1.807, 2.05) is 7.05 Å². The lowest BCUT2D eigenvalue weighted by Gasteiger charge is -2.21. The van der Waals surface area contributed by atoms with Gasteiger partial charge in [0.25, 0.3) is 0 Å². The highest BCUT2D eigenvalue weighted by Crippen LogP contribution is 2.26. The summed E-state index contributed by atoms with van der Waals surface area (Å²) in [6.07, 6.45) is 1.000. The third-order valence-electron chi connectivity index (χ3n) is 3.85. The SMILES string of the molecule is CNc1ccc(Cc2cc(C(C)(C)C)ccc2C)cc1. The van der Waals surface area contributed by atoms with Gasteiger partial charge in [0, 0.05) is 12.7 Å². The Hall–Kier alpha value is -1.76. The Morgan fingerprint density at radius 1 is 0.950 bits per heavy atom.